The molecule has 1 heterocycles. The predicted molar refractivity (Wildman–Crippen MR) is 52.3 cm³/mol. The lowest BCUT2D eigenvalue weighted by Crippen LogP contribution is -2.56. The molecule has 0 fully saturated rings. The molecule has 1 nitrogen and oxygen atoms in total. The summed E-state index contributed by atoms with van der Waals surface area (Å²) in [6, 6.07) is 1.82. The van der Waals surface area contributed by atoms with Crippen molar-refractivity contribution in [2.24, 2.45) is 0 Å². The molecule has 0 aliphatic heterocycles. The van der Waals surface area contributed by atoms with Crippen LogP contribution in [0.4, 0.5) is 30.7 Å². The minimum absolute atomic E-state index is 0.150. The second-order valence-electron chi connectivity index (χ2n) is 3.08. The second-order valence-corrected chi connectivity index (χ2v) is 5.54. The number of ketones is 1. The third-order valence-electron chi connectivity index (χ3n) is 1.83. The molecule has 0 bridgehead atoms. The maximum Gasteiger partial charge on any atom is 0.460 e. The first kappa shape index (κ1) is 15.4. The van der Waals surface area contributed by atoms with Gasteiger partial charge in [0.1, 0.15) is 0 Å². The first-order valence-electron chi connectivity index (χ1n) is 4.03. The molecule has 1 rings (SSSR count). The van der Waals surface area contributed by atoms with Gasteiger partial charge in [-0.2, -0.15) is 30.7 Å². The zero-order valence-corrected chi connectivity index (χ0v) is 10.4. The molecular formula is C8H2BrF7OS. The van der Waals surface area contributed by atoms with Gasteiger partial charge in [0.05, 0.1) is 8.66 Å². The van der Waals surface area contributed by atoms with E-state index in [0.29, 0.717) is 11.3 Å². The molecule has 102 valence electrons. The molecule has 0 aliphatic rings. The number of halogens is 8. The maximum absolute atomic E-state index is 13.0. The fraction of sp³-hybridized carbons (Fsp3) is 0.375. The molecular weight excluding hydrogens is 357 g/mol. The molecule has 0 aliphatic carbocycles. The average Bonchev–Trinajstić information content (AvgIpc) is 2.61. The van der Waals surface area contributed by atoms with Gasteiger partial charge in [-0.05, 0) is 28.1 Å². The van der Waals surface area contributed by atoms with E-state index in [1.165, 1.54) is 0 Å². The highest BCUT2D eigenvalue weighted by Gasteiger charge is 2.76. The molecule has 18 heavy (non-hydrogen) atoms. The van der Waals surface area contributed by atoms with Crippen LogP contribution in [0, 0.1) is 0 Å². The summed E-state index contributed by atoms with van der Waals surface area (Å²) in [6.07, 6.45) is -6.51. The molecule has 0 saturated heterocycles. The molecule has 0 aromatic carbocycles. The molecule has 0 unspecified atom stereocenters. The van der Waals surface area contributed by atoms with E-state index in [1.54, 1.807) is 0 Å². The lowest BCUT2D eigenvalue weighted by Gasteiger charge is -2.26. The van der Waals surface area contributed by atoms with E-state index in [9.17, 15) is 35.5 Å². The van der Waals surface area contributed by atoms with E-state index >= 15 is 0 Å². The number of carbonyl (C=O) groups is 1. The summed E-state index contributed by atoms with van der Waals surface area (Å²) in [5.41, 5.74) is 0. The number of carbonyl (C=O) groups excluding carboxylic acids is 1. The number of hydrogen-bond acceptors (Lipinski definition) is 2. The molecule has 1 aromatic rings. The minimum Gasteiger partial charge on any atom is -0.286 e. The largest absolute Gasteiger partial charge is 0.460 e. The summed E-state index contributed by atoms with van der Waals surface area (Å²) in [5.74, 6) is -14.8. The lowest BCUT2D eigenvalue weighted by atomic mass is 10.1. The van der Waals surface area contributed by atoms with Crippen molar-refractivity contribution in [1.82, 2.24) is 0 Å². The van der Waals surface area contributed by atoms with Gasteiger partial charge in [0.2, 0.25) is 5.78 Å². The Hall–Kier alpha value is -0.640. The second kappa shape index (κ2) is 4.48. The lowest BCUT2D eigenvalue weighted by molar-refractivity contribution is -0.339. The van der Waals surface area contributed by atoms with Gasteiger partial charge >= 0.3 is 18.0 Å². The van der Waals surface area contributed by atoms with Crippen molar-refractivity contribution in [3.05, 3.63) is 20.8 Å². The van der Waals surface area contributed by atoms with Gasteiger partial charge in [-0.1, -0.05) is 0 Å². The van der Waals surface area contributed by atoms with Crippen molar-refractivity contribution in [1.29, 1.82) is 0 Å². The van der Waals surface area contributed by atoms with E-state index in [-0.39, 0.29) is 3.79 Å². The molecule has 0 N–H and O–H groups in total. The Morgan fingerprint density at radius 2 is 1.56 bits per heavy atom. The molecule has 10 heteroatoms. The van der Waals surface area contributed by atoms with Crippen LogP contribution in [0.1, 0.15) is 9.67 Å². The van der Waals surface area contributed by atoms with Crippen molar-refractivity contribution in [2.75, 3.05) is 0 Å². The number of rotatable bonds is 3. The van der Waals surface area contributed by atoms with Crippen LogP contribution in [-0.2, 0) is 0 Å². The standard InChI is InChI=1S/C8H2BrF7OS/c9-4-2-1-3(18-4)5(17)6(10,11)7(12,13)8(14,15)16/h1-2H. The van der Waals surface area contributed by atoms with Crippen molar-refractivity contribution >= 4 is 33.0 Å². The number of hydrogen-bond donors (Lipinski definition) is 0. The van der Waals surface area contributed by atoms with E-state index in [0.717, 1.165) is 12.1 Å². The van der Waals surface area contributed by atoms with Crippen LogP contribution in [-0.4, -0.2) is 23.8 Å². The van der Waals surface area contributed by atoms with Crippen LogP contribution in [0.3, 0.4) is 0 Å². The Labute approximate surface area is 108 Å². The van der Waals surface area contributed by atoms with Crippen LogP contribution in [0.5, 0.6) is 0 Å². The number of thiophene rings is 1. The Balaban J connectivity index is 3.18. The maximum atomic E-state index is 13.0. The van der Waals surface area contributed by atoms with Gasteiger partial charge in [0, 0.05) is 0 Å². The average molecular weight is 359 g/mol. The third-order valence-corrected chi connectivity index (χ3v) is 3.45. The minimum atomic E-state index is -6.51. The highest BCUT2D eigenvalue weighted by molar-refractivity contribution is 9.11. The SMILES string of the molecule is O=C(c1ccc(Br)s1)C(F)(F)C(F)(F)C(F)(F)F. The van der Waals surface area contributed by atoms with E-state index in [1.807, 2.05) is 0 Å². The molecule has 0 saturated carbocycles. The quantitative estimate of drug-likeness (QED) is 0.573. The van der Waals surface area contributed by atoms with Crippen LogP contribution >= 0.6 is 27.3 Å². The van der Waals surface area contributed by atoms with Gasteiger partial charge in [-0.15, -0.1) is 11.3 Å². The Morgan fingerprint density at radius 1 is 1.06 bits per heavy atom. The summed E-state index contributed by atoms with van der Waals surface area (Å²) in [4.78, 5) is 10.1. The van der Waals surface area contributed by atoms with Gasteiger partial charge < -0.3 is 0 Å². The zero-order chi connectivity index (χ0) is 14.4. The topological polar surface area (TPSA) is 17.1 Å². The number of Topliss-reactive ketones (excluding diaryl/α,β-unsaturated/α-hetero) is 1. The predicted octanol–water partition coefficient (Wildman–Crippen LogP) is 4.53. The molecule has 0 radical (unpaired) electrons. The monoisotopic (exact) mass is 358 g/mol. The summed E-state index contributed by atoms with van der Waals surface area (Å²) in [6.45, 7) is 0. The van der Waals surface area contributed by atoms with Crippen LogP contribution in [0.15, 0.2) is 15.9 Å². The van der Waals surface area contributed by atoms with Crippen LogP contribution in [0.2, 0.25) is 0 Å². The fourth-order valence-electron chi connectivity index (χ4n) is 0.912. The van der Waals surface area contributed by atoms with Crippen LogP contribution in [0.25, 0.3) is 0 Å². The van der Waals surface area contributed by atoms with E-state index < -0.39 is 28.7 Å². The molecule has 1 aromatic heterocycles. The van der Waals surface area contributed by atoms with Crippen molar-refractivity contribution < 1.29 is 35.5 Å². The molecule has 0 amide bonds. The Morgan fingerprint density at radius 3 is 1.89 bits per heavy atom. The smallest absolute Gasteiger partial charge is 0.286 e. The van der Waals surface area contributed by atoms with Crippen molar-refractivity contribution in [3.63, 3.8) is 0 Å². The van der Waals surface area contributed by atoms with Crippen LogP contribution < -0.4 is 0 Å². The molecule has 0 spiro atoms. The highest BCUT2D eigenvalue weighted by atomic mass is 79.9. The molecule has 0 atom stereocenters. The van der Waals surface area contributed by atoms with E-state index in [2.05, 4.69) is 15.9 Å². The van der Waals surface area contributed by atoms with Gasteiger partial charge in [-0.3, -0.25) is 4.79 Å². The third kappa shape index (κ3) is 2.40. The van der Waals surface area contributed by atoms with Gasteiger partial charge in [-0.25, -0.2) is 0 Å². The van der Waals surface area contributed by atoms with Crippen molar-refractivity contribution in [2.45, 2.75) is 18.0 Å². The summed E-state index contributed by atoms with van der Waals surface area (Å²) in [5, 5.41) is 0. The normalized spacial score (nSPS) is 13.8. The first-order valence-corrected chi connectivity index (χ1v) is 5.64. The van der Waals surface area contributed by atoms with E-state index in [4.69, 9.17) is 0 Å². The fourth-order valence-corrected chi connectivity index (χ4v) is 2.27. The summed E-state index contributed by atoms with van der Waals surface area (Å²) < 4.78 is 86.6. The first-order chi connectivity index (χ1) is 7.91. The van der Waals surface area contributed by atoms with Crippen molar-refractivity contribution in [3.8, 4) is 0 Å². The highest BCUT2D eigenvalue weighted by Crippen LogP contribution is 2.48. The number of alkyl halides is 7. The Kier molecular flexibility index (Phi) is 3.84. The Bertz CT molecular complexity index is 464. The van der Waals surface area contributed by atoms with Gasteiger partial charge in [0.25, 0.3) is 0 Å². The summed E-state index contributed by atoms with van der Waals surface area (Å²) in [7, 11) is 0. The summed E-state index contributed by atoms with van der Waals surface area (Å²) >= 11 is 3.10. The van der Waals surface area contributed by atoms with Gasteiger partial charge in [0.15, 0.2) is 0 Å². The zero-order valence-electron chi connectivity index (χ0n) is 7.99.